The van der Waals surface area contributed by atoms with Crippen LogP contribution in [0.2, 0.25) is 5.02 Å². The van der Waals surface area contributed by atoms with E-state index in [1.54, 1.807) is 12.1 Å². The van der Waals surface area contributed by atoms with Crippen LogP contribution in [0.1, 0.15) is 18.4 Å². The van der Waals surface area contributed by atoms with Crippen LogP contribution >= 0.6 is 11.6 Å². The lowest BCUT2D eigenvalue weighted by molar-refractivity contribution is 0.208. The summed E-state index contributed by atoms with van der Waals surface area (Å²) in [5, 5.41) is 13.5. The van der Waals surface area contributed by atoms with Crippen molar-refractivity contribution < 1.29 is 14.2 Å². The van der Waals surface area contributed by atoms with E-state index in [-0.39, 0.29) is 17.6 Å². The van der Waals surface area contributed by atoms with Crippen LogP contribution in [0, 0.1) is 5.82 Å². The second-order valence-electron chi connectivity index (χ2n) is 6.36. The molecule has 0 bridgehead atoms. The van der Waals surface area contributed by atoms with Gasteiger partial charge in [-0.2, -0.15) is 0 Å². The monoisotopic (exact) mass is 364 g/mol. The van der Waals surface area contributed by atoms with E-state index >= 15 is 0 Å². The summed E-state index contributed by atoms with van der Waals surface area (Å²) in [5.74, 6) is 0.120. The Morgan fingerprint density at radius 2 is 2.20 bits per heavy atom. The number of ether oxygens (including phenoxy) is 1. The van der Waals surface area contributed by atoms with Crippen molar-refractivity contribution in [2.24, 2.45) is 0 Å². The van der Waals surface area contributed by atoms with Crippen LogP contribution in [0.5, 0.6) is 11.5 Å². The zero-order chi connectivity index (χ0) is 17.8. The highest BCUT2D eigenvalue weighted by atomic mass is 35.5. The first-order chi connectivity index (χ1) is 12.0. The van der Waals surface area contributed by atoms with E-state index in [9.17, 15) is 9.50 Å². The molecule has 0 radical (unpaired) electrons. The number of rotatable bonds is 5. The zero-order valence-corrected chi connectivity index (χ0v) is 14.9. The number of likely N-dealkylation sites (tertiary alicyclic amines) is 1. The lowest BCUT2D eigenvalue weighted by Gasteiger charge is -2.33. The highest BCUT2D eigenvalue weighted by Gasteiger charge is 2.21. The predicted octanol–water partition coefficient (Wildman–Crippen LogP) is 4.27. The molecule has 25 heavy (non-hydrogen) atoms. The van der Waals surface area contributed by atoms with Crippen molar-refractivity contribution in [2.75, 3.05) is 25.5 Å². The van der Waals surface area contributed by atoms with Gasteiger partial charge in [-0.05, 0) is 55.3 Å². The minimum absolute atomic E-state index is 0.0304. The van der Waals surface area contributed by atoms with Gasteiger partial charge in [0.1, 0.15) is 5.82 Å². The van der Waals surface area contributed by atoms with E-state index in [2.05, 4.69) is 10.2 Å². The molecule has 1 fully saturated rings. The first kappa shape index (κ1) is 17.8. The van der Waals surface area contributed by atoms with Crippen LogP contribution in [0.4, 0.5) is 10.1 Å². The van der Waals surface area contributed by atoms with Crippen molar-refractivity contribution in [3.63, 3.8) is 0 Å². The number of aromatic hydroxyl groups is 1. The average Bonchev–Trinajstić information content (AvgIpc) is 2.58. The molecule has 6 heteroatoms. The molecule has 1 atom stereocenters. The second-order valence-corrected chi connectivity index (χ2v) is 6.76. The lowest BCUT2D eigenvalue weighted by Crippen LogP contribution is -2.41. The number of benzene rings is 2. The molecular weight excluding hydrogens is 343 g/mol. The van der Waals surface area contributed by atoms with Crippen molar-refractivity contribution in [3.05, 3.63) is 52.8 Å². The van der Waals surface area contributed by atoms with Gasteiger partial charge in [0.05, 0.1) is 12.1 Å². The van der Waals surface area contributed by atoms with Crippen LogP contribution in [-0.2, 0) is 6.54 Å². The maximum atomic E-state index is 13.3. The smallest absolute Gasteiger partial charge is 0.176 e. The van der Waals surface area contributed by atoms with Gasteiger partial charge in [-0.25, -0.2) is 4.39 Å². The van der Waals surface area contributed by atoms with Crippen molar-refractivity contribution in [1.29, 1.82) is 0 Å². The summed E-state index contributed by atoms with van der Waals surface area (Å²) in [5.41, 5.74) is 1.80. The maximum absolute atomic E-state index is 13.3. The summed E-state index contributed by atoms with van der Waals surface area (Å²) in [6, 6.07) is 10.4. The summed E-state index contributed by atoms with van der Waals surface area (Å²) in [4.78, 5) is 2.32. The number of hydrogen-bond acceptors (Lipinski definition) is 4. The van der Waals surface area contributed by atoms with E-state index in [0.717, 1.165) is 43.7 Å². The third-order valence-electron chi connectivity index (χ3n) is 4.42. The number of nitrogens with one attached hydrogen (secondary N) is 1. The first-order valence-electron chi connectivity index (χ1n) is 8.35. The Morgan fingerprint density at radius 3 is 2.96 bits per heavy atom. The normalized spacial score (nSPS) is 18.1. The molecule has 3 rings (SSSR count). The fourth-order valence-corrected chi connectivity index (χ4v) is 3.50. The Morgan fingerprint density at radius 1 is 1.36 bits per heavy atom. The summed E-state index contributed by atoms with van der Waals surface area (Å²) in [6.45, 7) is 2.57. The summed E-state index contributed by atoms with van der Waals surface area (Å²) < 4.78 is 18.5. The molecule has 1 aliphatic rings. The third-order valence-corrected chi connectivity index (χ3v) is 4.70. The van der Waals surface area contributed by atoms with Gasteiger partial charge in [-0.15, -0.1) is 0 Å². The standard InChI is InChI=1S/C19H22ClFN2O2/c1-25-18-9-13(8-17(20)19(18)24)11-23-7-3-6-16(12-23)22-15-5-2-4-14(21)10-15/h2,4-5,8-10,16,22,24H,3,6-7,11-12H2,1H3/t16-/m1/s1. The van der Waals surface area contributed by atoms with E-state index in [0.29, 0.717) is 10.8 Å². The third kappa shape index (κ3) is 4.55. The second kappa shape index (κ2) is 7.93. The topological polar surface area (TPSA) is 44.7 Å². The Kier molecular flexibility index (Phi) is 5.66. The molecule has 0 aromatic heterocycles. The highest BCUT2D eigenvalue weighted by Crippen LogP contribution is 2.35. The van der Waals surface area contributed by atoms with Crippen molar-refractivity contribution in [3.8, 4) is 11.5 Å². The Hall–Kier alpha value is -1.98. The number of anilines is 1. The van der Waals surface area contributed by atoms with Gasteiger partial charge in [0.25, 0.3) is 0 Å². The number of piperidine rings is 1. The van der Waals surface area contributed by atoms with Crippen molar-refractivity contribution >= 4 is 17.3 Å². The largest absolute Gasteiger partial charge is 0.503 e. The van der Waals surface area contributed by atoms with Crippen molar-refractivity contribution in [2.45, 2.75) is 25.4 Å². The molecule has 4 nitrogen and oxygen atoms in total. The molecule has 0 amide bonds. The SMILES string of the molecule is COc1cc(CN2CCC[C@@H](Nc3cccc(F)c3)C2)cc(Cl)c1O. The van der Waals surface area contributed by atoms with Gasteiger partial charge >= 0.3 is 0 Å². The van der Waals surface area contributed by atoms with Gasteiger partial charge in [0.2, 0.25) is 0 Å². The quantitative estimate of drug-likeness (QED) is 0.831. The minimum Gasteiger partial charge on any atom is -0.503 e. The molecule has 134 valence electrons. The Labute approximate surface area is 152 Å². The number of halogens is 2. The van der Waals surface area contributed by atoms with Crippen LogP contribution in [0.25, 0.3) is 0 Å². The summed E-state index contributed by atoms with van der Waals surface area (Å²) in [7, 11) is 1.51. The van der Waals surface area contributed by atoms with Crippen LogP contribution in [-0.4, -0.2) is 36.2 Å². The van der Waals surface area contributed by atoms with Gasteiger partial charge < -0.3 is 15.2 Å². The van der Waals surface area contributed by atoms with E-state index in [4.69, 9.17) is 16.3 Å². The number of phenolic OH excluding ortho intramolecular Hbond substituents is 1. The Bertz CT molecular complexity index is 741. The van der Waals surface area contributed by atoms with Gasteiger partial charge in [0, 0.05) is 24.8 Å². The number of methoxy groups -OCH3 is 1. The Balaban J connectivity index is 1.65. The van der Waals surface area contributed by atoms with Crippen LogP contribution < -0.4 is 10.1 Å². The maximum Gasteiger partial charge on any atom is 0.176 e. The predicted molar refractivity (Wildman–Crippen MR) is 98.0 cm³/mol. The molecular formula is C19H22ClFN2O2. The summed E-state index contributed by atoms with van der Waals surface area (Å²) >= 11 is 6.07. The molecule has 2 aromatic carbocycles. The number of nitrogens with zero attached hydrogens (tertiary/aromatic N) is 1. The van der Waals surface area contributed by atoms with Crippen molar-refractivity contribution in [1.82, 2.24) is 4.90 Å². The molecule has 1 saturated heterocycles. The molecule has 0 saturated carbocycles. The van der Waals surface area contributed by atoms with Crippen LogP contribution in [0.3, 0.4) is 0 Å². The molecule has 2 N–H and O–H groups in total. The van der Waals surface area contributed by atoms with Gasteiger partial charge in [0.15, 0.2) is 11.5 Å². The number of hydrogen-bond donors (Lipinski definition) is 2. The minimum atomic E-state index is -0.233. The van der Waals surface area contributed by atoms with Gasteiger partial charge in [-0.1, -0.05) is 17.7 Å². The molecule has 0 spiro atoms. The highest BCUT2D eigenvalue weighted by molar-refractivity contribution is 6.32. The molecule has 1 aliphatic heterocycles. The number of phenols is 1. The molecule has 0 unspecified atom stereocenters. The van der Waals surface area contributed by atoms with E-state index < -0.39 is 0 Å². The zero-order valence-electron chi connectivity index (χ0n) is 14.1. The van der Waals surface area contributed by atoms with Crippen LogP contribution in [0.15, 0.2) is 36.4 Å². The fraction of sp³-hybridized carbons (Fsp3) is 0.368. The molecule has 0 aliphatic carbocycles. The lowest BCUT2D eigenvalue weighted by atomic mass is 10.0. The van der Waals surface area contributed by atoms with E-state index in [1.807, 2.05) is 12.1 Å². The summed E-state index contributed by atoms with van der Waals surface area (Å²) in [6.07, 6.45) is 2.11. The average molecular weight is 365 g/mol. The first-order valence-corrected chi connectivity index (χ1v) is 8.73. The van der Waals surface area contributed by atoms with E-state index in [1.165, 1.54) is 19.2 Å². The van der Waals surface area contributed by atoms with Gasteiger partial charge in [-0.3, -0.25) is 4.90 Å². The molecule has 2 aromatic rings. The fourth-order valence-electron chi connectivity index (χ4n) is 3.26. The molecule has 1 heterocycles.